The molecule has 3 heteroatoms. The normalized spacial score (nSPS) is 43.1. The van der Waals surface area contributed by atoms with E-state index in [4.69, 9.17) is 0 Å². The smallest absolute Gasteiger partial charge is 0.317 e. The van der Waals surface area contributed by atoms with Crippen molar-refractivity contribution in [2.75, 3.05) is 14.1 Å². The predicted octanol–water partition coefficient (Wildman–Crippen LogP) is 9.50. The molecule has 0 saturated heterocycles. The number of amides is 2. The summed E-state index contributed by atoms with van der Waals surface area (Å²) >= 11 is 0. The number of nitrogens with one attached hydrogen (secondary N) is 1. The summed E-state index contributed by atoms with van der Waals surface area (Å²) in [4.78, 5) is 14.6. The van der Waals surface area contributed by atoms with Crippen LogP contribution in [0, 0.1) is 52.3 Å². The molecular formula is C37H58N2O. The number of urea groups is 1. The minimum atomic E-state index is 0. The standard InChI is InChI=1S/C36H54N2O.CH4/c1-24-11-13-25(14-12-24)26-17-20-33(4)29(32(26,2)3)18-21-35(6)30(33)16-15-27-28-10-9-19-36(28,23-22-34(27,35)5)37-31(39)38(7)8;/h11-14,17,27-30H,9-10,15-16,18-23H2,1-8H3,(H,37,39);1H4/t27?,28?,29?,30?,33?,34-,35?,36?;/m1./s1. The Bertz CT molecular complexity index is 1170. The zero-order valence-electron chi connectivity index (χ0n) is 26.1. The molecule has 6 rings (SSSR count). The molecule has 1 aromatic rings. The van der Waals surface area contributed by atoms with Crippen LogP contribution in [0.15, 0.2) is 30.3 Å². The Kier molecular flexibility index (Phi) is 7.15. The maximum Gasteiger partial charge on any atom is 0.317 e. The largest absolute Gasteiger partial charge is 0.332 e. The third-order valence-corrected chi connectivity index (χ3v) is 14.1. The Morgan fingerprint density at radius 1 is 0.825 bits per heavy atom. The summed E-state index contributed by atoms with van der Waals surface area (Å²) in [6.45, 7) is 15.4. The highest BCUT2D eigenvalue weighted by Gasteiger charge is 2.69. The van der Waals surface area contributed by atoms with E-state index in [1.165, 1.54) is 68.9 Å². The van der Waals surface area contributed by atoms with Crippen LogP contribution in [-0.2, 0) is 0 Å². The molecule has 7 unspecified atom stereocenters. The molecule has 1 aromatic carbocycles. The van der Waals surface area contributed by atoms with Crippen LogP contribution < -0.4 is 5.32 Å². The van der Waals surface area contributed by atoms with Gasteiger partial charge in [0.2, 0.25) is 0 Å². The summed E-state index contributed by atoms with van der Waals surface area (Å²) in [7, 11) is 3.78. The molecular weight excluding hydrogens is 488 g/mol. The Morgan fingerprint density at radius 2 is 1.52 bits per heavy atom. The van der Waals surface area contributed by atoms with Crippen molar-refractivity contribution in [3.63, 3.8) is 0 Å². The highest BCUT2D eigenvalue weighted by atomic mass is 16.2. The number of benzene rings is 1. The van der Waals surface area contributed by atoms with Gasteiger partial charge in [-0.15, -0.1) is 0 Å². The van der Waals surface area contributed by atoms with Crippen LogP contribution in [0.25, 0.3) is 5.57 Å². The molecule has 1 N–H and O–H groups in total. The lowest BCUT2D eigenvalue weighted by Gasteiger charge is -2.72. The summed E-state index contributed by atoms with van der Waals surface area (Å²) in [5, 5.41) is 3.60. The molecule has 0 aromatic heterocycles. The summed E-state index contributed by atoms with van der Waals surface area (Å²) in [5.74, 6) is 2.86. The number of fused-ring (bicyclic) bond motifs is 7. The first-order valence-corrected chi connectivity index (χ1v) is 16.1. The van der Waals surface area contributed by atoms with Crippen molar-refractivity contribution in [2.24, 2.45) is 45.3 Å². The second-order valence-corrected chi connectivity index (χ2v) is 16.1. The van der Waals surface area contributed by atoms with E-state index in [2.05, 4.69) is 77.2 Å². The van der Waals surface area contributed by atoms with Gasteiger partial charge >= 0.3 is 6.03 Å². The molecule has 0 spiro atoms. The lowest BCUT2D eigenvalue weighted by atomic mass is 9.33. The minimum Gasteiger partial charge on any atom is -0.332 e. The monoisotopic (exact) mass is 546 g/mol. The summed E-state index contributed by atoms with van der Waals surface area (Å²) in [5.41, 5.74) is 5.64. The summed E-state index contributed by atoms with van der Waals surface area (Å²) in [6.07, 6.45) is 15.5. The zero-order chi connectivity index (χ0) is 28.0. The molecule has 40 heavy (non-hydrogen) atoms. The van der Waals surface area contributed by atoms with Crippen molar-refractivity contribution in [1.29, 1.82) is 0 Å². The van der Waals surface area contributed by atoms with Gasteiger partial charge < -0.3 is 10.2 Å². The van der Waals surface area contributed by atoms with E-state index in [0.29, 0.717) is 22.2 Å². The van der Waals surface area contributed by atoms with Crippen molar-refractivity contribution in [1.82, 2.24) is 10.2 Å². The van der Waals surface area contributed by atoms with E-state index < -0.39 is 0 Å². The quantitative estimate of drug-likeness (QED) is 0.393. The third-order valence-electron chi connectivity index (χ3n) is 14.1. The van der Waals surface area contributed by atoms with E-state index in [1.807, 2.05) is 14.1 Å². The molecule has 222 valence electrons. The minimum absolute atomic E-state index is 0. The molecule has 0 radical (unpaired) electrons. The van der Waals surface area contributed by atoms with Crippen molar-refractivity contribution in [3.05, 3.63) is 41.5 Å². The number of aryl methyl sites for hydroxylation is 1. The van der Waals surface area contributed by atoms with Crippen LogP contribution in [0.5, 0.6) is 0 Å². The summed E-state index contributed by atoms with van der Waals surface area (Å²) in [6, 6.07) is 9.39. The Balaban J connectivity index is 0.00000323. The van der Waals surface area contributed by atoms with Gasteiger partial charge in [0, 0.05) is 19.6 Å². The molecule has 2 amide bonds. The maximum absolute atomic E-state index is 12.9. The number of carbonyl (C=O) groups excluding carboxylic acids is 1. The van der Waals surface area contributed by atoms with Gasteiger partial charge in [-0.3, -0.25) is 0 Å². The molecule has 5 aliphatic rings. The van der Waals surface area contributed by atoms with Crippen LogP contribution in [-0.4, -0.2) is 30.6 Å². The molecule has 4 fully saturated rings. The Morgan fingerprint density at radius 3 is 2.20 bits per heavy atom. The fraction of sp³-hybridized carbons (Fsp3) is 0.757. The van der Waals surface area contributed by atoms with Gasteiger partial charge in [0.15, 0.2) is 0 Å². The van der Waals surface area contributed by atoms with Gasteiger partial charge in [0.25, 0.3) is 0 Å². The highest BCUT2D eigenvalue weighted by Crippen LogP contribution is 2.76. The maximum atomic E-state index is 12.9. The second kappa shape index (κ2) is 9.63. The molecule has 0 heterocycles. The van der Waals surface area contributed by atoms with E-state index in [9.17, 15) is 4.79 Å². The van der Waals surface area contributed by atoms with Crippen LogP contribution in [0.1, 0.15) is 117 Å². The first-order chi connectivity index (χ1) is 18.3. The average molecular weight is 547 g/mol. The molecule has 5 aliphatic carbocycles. The van der Waals surface area contributed by atoms with Crippen LogP contribution in [0.4, 0.5) is 4.79 Å². The van der Waals surface area contributed by atoms with Gasteiger partial charge in [-0.25, -0.2) is 4.79 Å². The average Bonchev–Trinajstić information content (AvgIpc) is 3.28. The fourth-order valence-corrected chi connectivity index (χ4v) is 11.9. The highest BCUT2D eigenvalue weighted by molar-refractivity contribution is 5.74. The number of rotatable bonds is 2. The molecule has 3 nitrogen and oxygen atoms in total. The van der Waals surface area contributed by atoms with Gasteiger partial charge in [-0.1, -0.05) is 84.4 Å². The molecule has 8 atom stereocenters. The van der Waals surface area contributed by atoms with Crippen molar-refractivity contribution in [2.45, 2.75) is 119 Å². The van der Waals surface area contributed by atoms with E-state index in [1.54, 1.807) is 10.5 Å². The lowest BCUT2D eigenvalue weighted by Crippen LogP contribution is -2.68. The fourth-order valence-electron chi connectivity index (χ4n) is 11.9. The topological polar surface area (TPSA) is 32.3 Å². The van der Waals surface area contributed by atoms with Crippen LogP contribution >= 0.6 is 0 Å². The predicted molar refractivity (Wildman–Crippen MR) is 169 cm³/mol. The number of allylic oxidation sites excluding steroid dienone is 2. The third kappa shape index (κ3) is 3.91. The molecule has 0 aliphatic heterocycles. The second-order valence-electron chi connectivity index (χ2n) is 16.1. The van der Waals surface area contributed by atoms with E-state index >= 15 is 0 Å². The van der Waals surface area contributed by atoms with Crippen molar-refractivity contribution in [3.8, 4) is 0 Å². The first-order valence-electron chi connectivity index (χ1n) is 16.1. The van der Waals surface area contributed by atoms with E-state index in [0.717, 1.165) is 24.2 Å². The van der Waals surface area contributed by atoms with E-state index in [-0.39, 0.29) is 24.4 Å². The molecule has 4 saturated carbocycles. The lowest BCUT2D eigenvalue weighted by molar-refractivity contribution is -0.216. The Labute approximate surface area is 246 Å². The van der Waals surface area contributed by atoms with Crippen LogP contribution in [0.2, 0.25) is 0 Å². The SMILES string of the molecule is C.Cc1ccc(C2=CCC3(C)C(CCC4(C)C3CCC3C5CCCC5(NC(=O)N(C)C)CC[C@]34C)C2(C)C)cc1. The van der Waals surface area contributed by atoms with Gasteiger partial charge in [0.05, 0.1) is 0 Å². The van der Waals surface area contributed by atoms with Crippen LogP contribution in [0.3, 0.4) is 0 Å². The number of carbonyl (C=O) groups is 1. The first kappa shape index (κ1) is 29.7. The zero-order valence-corrected chi connectivity index (χ0v) is 26.1. The van der Waals surface area contributed by atoms with Crippen molar-refractivity contribution < 1.29 is 4.79 Å². The molecule has 0 bridgehead atoms. The number of nitrogens with zero attached hydrogens (tertiary/aromatic N) is 1. The number of hydrogen-bond donors (Lipinski definition) is 1. The number of hydrogen-bond acceptors (Lipinski definition) is 1. The summed E-state index contributed by atoms with van der Waals surface area (Å²) < 4.78 is 0. The van der Waals surface area contributed by atoms with Gasteiger partial charge in [-0.05, 0) is 121 Å². The van der Waals surface area contributed by atoms with Gasteiger partial charge in [-0.2, -0.15) is 0 Å². The Hall–Kier alpha value is -1.77. The van der Waals surface area contributed by atoms with Crippen molar-refractivity contribution >= 4 is 11.6 Å². The van der Waals surface area contributed by atoms with Gasteiger partial charge in [0.1, 0.15) is 0 Å².